The molecule has 1 aromatic heterocycles. The minimum absolute atomic E-state index is 0.689. The summed E-state index contributed by atoms with van der Waals surface area (Å²) in [4.78, 5) is 8.43. The zero-order chi connectivity index (χ0) is 11.2. The van der Waals surface area contributed by atoms with Crippen LogP contribution in [0.1, 0.15) is 6.92 Å². The standard InChI is InChI=1S/C12H15N3O/c1-2-16-8-7-13-12-10-5-3-4-6-11(10)14-9-15-12/h3-6,9H,2,7-8H2,1H3,(H,13,14,15). The largest absolute Gasteiger partial charge is 0.380 e. The topological polar surface area (TPSA) is 47.0 Å². The number of nitrogens with zero attached hydrogens (tertiary/aromatic N) is 2. The van der Waals surface area contributed by atoms with E-state index in [9.17, 15) is 0 Å². The third kappa shape index (κ3) is 2.46. The molecule has 0 spiro atoms. The highest BCUT2D eigenvalue weighted by atomic mass is 16.5. The molecule has 0 amide bonds. The van der Waals surface area contributed by atoms with Gasteiger partial charge in [-0.1, -0.05) is 12.1 Å². The van der Waals surface area contributed by atoms with Crippen LogP contribution in [0.25, 0.3) is 10.9 Å². The summed E-state index contributed by atoms with van der Waals surface area (Å²) in [5.41, 5.74) is 0.955. The lowest BCUT2D eigenvalue weighted by atomic mass is 10.2. The first-order valence-corrected chi connectivity index (χ1v) is 5.43. The third-order valence-corrected chi connectivity index (χ3v) is 2.29. The first-order valence-electron chi connectivity index (χ1n) is 5.43. The van der Waals surface area contributed by atoms with Gasteiger partial charge in [-0.2, -0.15) is 0 Å². The number of para-hydroxylation sites is 1. The Morgan fingerprint density at radius 3 is 3.00 bits per heavy atom. The van der Waals surface area contributed by atoms with Gasteiger partial charge in [0.1, 0.15) is 12.1 Å². The molecule has 0 fully saturated rings. The summed E-state index contributed by atoms with van der Waals surface area (Å²) in [6.45, 7) is 4.18. The smallest absolute Gasteiger partial charge is 0.137 e. The molecule has 4 nitrogen and oxygen atoms in total. The van der Waals surface area contributed by atoms with Crippen molar-refractivity contribution < 1.29 is 4.74 Å². The van der Waals surface area contributed by atoms with Gasteiger partial charge in [0.2, 0.25) is 0 Å². The van der Waals surface area contributed by atoms with Gasteiger partial charge in [0.25, 0.3) is 0 Å². The van der Waals surface area contributed by atoms with Crippen LogP contribution >= 0.6 is 0 Å². The molecule has 0 atom stereocenters. The van der Waals surface area contributed by atoms with Gasteiger partial charge >= 0.3 is 0 Å². The molecule has 0 saturated carbocycles. The van der Waals surface area contributed by atoms with Gasteiger partial charge in [0.05, 0.1) is 12.1 Å². The van der Waals surface area contributed by atoms with Gasteiger partial charge in [-0.05, 0) is 19.1 Å². The van der Waals surface area contributed by atoms with E-state index in [0.29, 0.717) is 6.61 Å². The molecular weight excluding hydrogens is 202 g/mol. The van der Waals surface area contributed by atoms with E-state index < -0.39 is 0 Å². The highest BCUT2D eigenvalue weighted by Gasteiger charge is 2.00. The SMILES string of the molecule is CCOCCNc1ncnc2ccccc12. The van der Waals surface area contributed by atoms with Crippen molar-refractivity contribution in [3.8, 4) is 0 Å². The molecule has 16 heavy (non-hydrogen) atoms. The monoisotopic (exact) mass is 217 g/mol. The van der Waals surface area contributed by atoms with Crippen molar-refractivity contribution in [2.24, 2.45) is 0 Å². The predicted octanol–water partition coefficient (Wildman–Crippen LogP) is 2.08. The van der Waals surface area contributed by atoms with E-state index in [4.69, 9.17) is 4.74 Å². The summed E-state index contributed by atoms with van der Waals surface area (Å²) in [7, 11) is 0. The lowest BCUT2D eigenvalue weighted by molar-refractivity contribution is 0.158. The number of hydrogen-bond acceptors (Lipinski definition) is 4. The fourth-order valence-corrected chi connectivity index (χ4v) is 1.53. The Kier molecular flexibility index (Phi) is 3.66. The minimum Gasteiger partial charge on any atom is -0.380 e. The van der Waals surface area contributed by atoms with Gasteiger partial charge in [-0.25, -0.2) is 9.97 Å². The van der Waals surface area contributed by atoms with Crippen molar-refractivity contribution in [3.05, 3.63) is 30.6 Å². The van der Waals surface area contributed by atoms with Gasteiger partial charge in [0, 0.05) is 18.5 Å². The molecule has 0 aliphatic carbocycles. The van der Waals surface area contributed by atoms with E-state index in [-0.39, 0.29) is 0 Å². The quantitative estimate of drug-likeness (QED) is 0.779. The Morgan fingerprint density at radius 1 is 1.25 bits per heavy atom. The van der Waals surface area contributed by atoms with E-state index in [1.54, 1.807) is 6.33 Å². The van der Waals surface area contributed by atoms with Crippen molar-refractivity contribution in [1.29, 1.82) is 0 Å². The summed E-state index contributed by atoms with van der Waals surface area (Å²) in [5.74, 6) is 0.866. The first kappa shape index (κ1) is 10.8. The maximum absolute atomic E-state index is 5.26. The van der Waals surface area contributed by atoms with Crippen molar-refractivity contribution in [1.82, 2.24) is 9.97 Å². The average Bonchev–Trinajstić information content (AvgIpc) is 2.35. The van der Waals surface area contributed by atoms with Crippen LogP contribution in [0.2, 0.25) is 0 Å². The number of hydrogen-bond donors (Lipinski definition) is 1. The van der Waals surface area contributed by atoms with Crippen molar-refractivity contribution in [2.45, 2.75) is 6.92 Å². The molecule has 0 radical (unpaired) electrons. The number of aromatic nitrogens is 2. The Labute approximate surface area is 94.7 Å². The zero-order valence-corrected chi connectivity index (χ0v) is 9.31. The normalized spacial score (nSPS) is 10.6. The van der Waals surface area contributed by atoms with E-state index in [0.717, 1.165) is 29.9 Å². The molecule has 1 N–H and O–H groups in total. The van der Waals surface area contributed by atoms with Gasteiger partial charge in [-0.15, -0.1) is 0 Å². The van der Waals surface area contributed by atoms with E-state index in [1.165, 1.54) is 0 Å². The third-order valence-electron chi connectivity index (χ3n) is 2.29. The van der Waals surface area contributed by atoms with Crippen molar-refractivity contribution in [3.63, 3.8) is 0 Å². The summed E-state index contributed by atoms with van der Waals surface area (Å²) in [6.07, 6.45) is 1.57. The maximum atomic E-state index is 5.26. The second kappa shape index (κ2) is 5.42. The Balaban J connectivity index is 2.11. The van der Waals surface area contributed by atoms with Crippen LogP contribution in [0.4, 0.5) is 5.82 Å². The van der Waals surface area contributed by atoms with E-state index >= 15 is 0 Å². The number of anilines is 1. The molecule has 0 saturated heterocycles. The molecule has 2 rings (SSSR count). The van der Waals surface area contributed by atoms with E-state index in [1.807, 2.05) is 31.2 Å². The van der Waals surface area contributed by atoms with E-state index in [2.05, 4.69) is 15.3 Å². The fraction of sp³-hybridized carbons (Fsp3) is 0.333. The summed E-state index contributed by atoms with van der Waals surface area (Å²) in [6, 6.07) is 7.95. The lowest BCUT2D eigenvalue weighted by Crippen LogP contribution is -2.10. The van der Waals surface area contributed by atoms with Crippen molar-refractivity contribution in [2.75, 3.05) is 25.1 Å². The average molecular weight is 217 g/mol. The van der Waals surface area contributed by atoms with Crippen LogP contribution in [0, 0.1) is 0 Å². The second-order valence-electron chi connectivity index (χ2n) is 3.36. The van der Waals surface area contributed by atoms with Crippen LogP contribution < -0.4 is 5.32 Å². The highest BCUT2D eigenvalue weighted by molar-refractivity contribution is 5.88. The van der Waals surface area contributed by atoms with Crippen LogP contribution in [-0.2, 0) is 4.74 Å². The van der Waals surface area contributed by atoms with Crippen LogP contribution in [0.3, 0.4) is 0 Å². The van der Waals surface area contributed by atoms with Gasteiger partial charge in [0.15, 0.2) is 0 Å². The molecule has 0 bridgehead atoms. The summed E-state index contributed by atoms with van der Waals surface area (Å²) >= 11 is 0. The fourth-order valence-electron chi connectivity index (χ4n) is 1.53. The number of fused-ring (bicyclic) bond motifs is 1. The summed E-state index contributed by atoms with van der Waals surface area (Å²) in [5, 5.41) is 4.29. The number of nitrogens with one attached hydrogen (secondary N) is 1. The molecule has 4 heteroatoms. The maximum Gasteiger partial charge on any atom is 0.137 e. The Hall–Kier alpha value is -1.68. The van der Waals surface area contributed by atoms with Crippen LogP contribution in [0.5, 0.6) is 0 Å². The molecule has 1 aromatic carbocycles. The molecule has 0 aliphatic heterocycles. The Bertz CT molecular complexity index is 453. The van der Waals surface area contributed by atoms with Crippen molar-refractivity contribution >= 4 is 16.7 Å². The predicted molar refractivity (Wildman–Crippen MR) is 64.5 cm³/mol. The summed E-state index contributed by atoms with van der Waals surface area (Å²) < 4.78 is 5.26. The number of ether oxygens (including phenoxy) is 1. The number of rotatable bonds is 5. The molecule has 2 aromatic rings. The zero-order valence-electron chi connectivity index (χ0n) is 9.31. The lowest BCUT2D eigenvalue weighted by Gasteiger charge is -2.07. The molecule has 0 unspecified atom stereocenters. The molecular formula is C12H15N3O. The second-order valence-corrected chi connectivity index (χ2v) is 3.36. The van der Waals surface area contributed by atoms with Crippen LogP contribution in [-0.4, -0.2) is 29.7 Å². The number of benzene rings is 1. The van der Waals surface area contributed by atoms with Gasteiger partial charge in [-0.3, -0.25) is 0 Å². The molecule has 0 aliphatic rings. The molecule has 1 heterocycles. The first-order chi connectivity index (χ1) is 7.92. The highest BCUT2D eigenvalue weighted by Crippen LogP contribution is 2.17. The van der Waals surface area contributed by atoms with Gasteiger partial charge < -0.3 is 10.1 Å². The Morgan fingerprint density at radius 2 is 2.12 bits per heavy atom. The van der Waals surface area contributed by atoms with Crippen LogP contribution in [0.15, 0.2) is 30.6 Å². The minimum atomic E-state index is 0.689. The molecule has 84 valence electrons.